The van der Waals surface area contributed by atoms with Gasteiger partial charge in [0.15, 0.2) is 0 Å². The molecule has 2 unspecified atom stereocenters. The van der Waals surface area contributed by atoms with Gasteiger partial charge in [-0.2, -0.15) is 0 Å². The minimum atomic E-state index is -1.05. The molecule has 0 aliphatic carbocycles. The van der Waals surface area contributed by atoms with Crippen molar-refractivity contribution in [1.29, 1.82) is 0 Å². The number of aryl methyl sites for hydroxylation is 1. The Kier molecular flexibility index (Phi) is 6.60. The zero-order valence-corrected chi connectivity index (χ0v) is 15.4. The van der Waals surface area contributed by atoms with E-state index in [4.69, 9.17) is 4.74 Å². The van der Waals surface area contributed by atoms with Crippen molar-refractivity contribution in [1.82, 2.24) is 5.32 Å². The molecule has 26 heavy (non-hydrogen) atoms. The summed E-state index contributed by atoms with van der Waals surface area (Å²) in [6, 6.07) is 4.60. The molecular weight excluding hydrogens is 336 g/mol. The van der Waals surface area contributed by atoms with Crippen LogP contribution >= 0.6 is 0 Å². The minimum absolute atomic E-state index is 0.0586. The predicted molar refractivity (Wildman–Crippen MR) is 97.3 cm³/mol. The second kappa shape index (κ2) is 8.69. The Morgan fingerprint density at radius 1 is 1.42 bits per heavy atom. The molecule has 1 aliphatic rings. The van der Waals surface area contributed by atoms with Crippen molar-refractivity contribution in [3.05, 3.63) is 23.8 Å². The van der Waals surface area contributed by atoms with Crippen LogP contribution < -0.4 is 15.0 Å². The molecule has 2 atom stereocenters. The topological polar surface area (TPSA) is 95.9 Å². The van der Waals surface area contributed by atoms with Gasteiger partial charge in [0.05, 0.1) is 18.7 Å². The van der Waals surface area contributed by atoms with E-state index in [9.17, 15) is 19.5 Å². The highest BCUT2D eigenvalue weighted by molar-refractivity contribution is 6.01. The van der Waals surface area contributed by atoms with E-state index < -0.39 is 23.8 Å². The summed E-state index contributed by atoms with van der Waals surface area (Å²) in [4.78, 5) is 37.8. The van der Waals surface area contributed by atoms with Crippen molar-refractivity contribution in [3.63, 3.8) is 0 Å². The van der Waals surface area contributed by atoms with E-state index in [2.05, 4.69) is 5.32 Å². The number of unbranched alkanes of at least 4 members (excludes halogenated alkanes) is 1. The molecule has 142 valence electrons. The minimum Gasteiger partial charge on any atom is -0.495 e. The lowest BCUT2D eigenvalue weighted by Gasteiger charge is -2.21. The fourth-order valence-electron chi connectivity index (χ4n) is 3.08. The van der Waals surface area contributed by atoms with E-state index in [-0.39, 0.29) is 18.9 Å². The van der Waals surface area contributed by atoms with Gasteiger partial charge >= 0.3 is 5.97 Å². The molecule has 0 bridgehead atoms. The molecule has 2 rings (SSSR count). The number of aliphatic carboxylic acids is 1. The molecule has 1 aromatic rings. The summed E-state index contributed by atoms with van der Waals surface area (Å²) in [7, 11) is 1.53. The van der Waals surface area contributed by atoms with Crippen molar-refractivity contribution in [2.45, 2.75) is 45.6 Å². The summed E-state index contributed by atoms with van der Waals surface area (Å²) >= 11 is 0. The van der Waals surface area contributed by atoms with E-state index in [0.29, 0.717) is 24.3 Å². The van der Waals surface area contributed by atoms with Gasteiger partial charge in [0.1, 0.15) is 11.8 Å². The number of ether oxygens (including phenoxy) is 1. The molecule has 0 saturated carbocycles. The van der Waals surface area contributed by atoms with Crippen LogP contribution in [0.15, 0.2) is 18.2 Å². The third-order valence-corrected chi connectivity index (χ3v) is 4.58. The highest BCUT2D eigenvalue weighted by atomic mass is 16.5. The largest absolute Gasteiger partial charge is 0.495 e. The van der Waals surface area contributed by atoms with Crippen LogP contribution in [0.4, 0.5) is 5.69 Å². The number of hydrogen-bond donors (Lipinski definition) is 2. The number of carboxylic acid groups (broad SMARTS) is 1. The third kappa shape index (κ3) is 4.53. The van der Waals surface area contributed by atoms with Gasteiger partial charge in [-0.15, -0.1) is 0 Å². The first-order valence-corrected chi connectivity index (χ1v) is 8.85. The number of nitrogens with zero attached hydrogens (tertiary/aromatic N) is 1. The van der Waals surface area contributed by atoms with Crippen LogP contribution in [0.1, 0.15) is 38.2 Å². The predicted octanol–water partition coefficient (Wildman–Crippen LogP) is 2.12. The Labute approximate surface area is 153 Å². The quantitative estimate of drug-likeness (QED) is 0.738. The number of carboxylic acids is 1. The average molecular weight is 362 g/mol. The molecule has 1 saturated heterocycles. The molecule has 1 fully saturated rings. The zero-order chi connectivity index (χ0) is 19.3. The molecule has 0 aromatic heterocycles. The number of rotatable bonds is 8. The normalized spacial score (nSPS) is 17.9. The van der Waals surface area contributed by atoms with E-state index >= 15 is 0 Å². The Balaban J connectivity index is 2.10. The van der Waals surface area contributed by atoms with Crippen molar-refractivity contribution in [2.24, 2.45) is 5.92 Å². The summed E-state index contributed by atoms with van der Waals surface area (Å²) in [6.45, 7) is 4.09. The second-order valence-corrected chi connectivity index (χ2v) is 6.62. The van der Waals surface area contributed by atoms with E-state index in [1.165, 1.54) is 12.0 Å². The Hall–Kier alpha value is -2.57. The van der Waals surface area contributed by atoms with Crippen LogP contribution in [0, 0.1) is 12.8 Å². The van der Waals surface area contributed by atoms with Crippen LogP contribution in [0.25, 0.3) is 0 Å². The molecule has 1 heterocycles. The summed E-state index contributed by atoms with van der Waals surface area (Å²) in [5, 5.41) is 11.8. The summed E-state index contributed by atoms with van der Waals surface area (Å²) in [5.41, 5.74) is 1.61. The number of carbonyl (C=O) groups excluding carboxylic acids is 2. The highest BCUT2D eigenvalue weighted by Gasteiger charge is 2.37. The van der Waals surface area contributed by atoms with Crippen molar-refractivity contribution >= 4 is 23.5 Å². The van der Waals surface area contributed by atoms with Gasteiger partial charge in [-0.1, -0.05) is 25.8 Å². The average Bonchev–Trinajstić information content (AvgIpc) is 2.99. The maximum Gasteiger partial charge on any atom is 0.326 e. The fraction of sp³-hybridized carbons (Fsp3) is 0.526. The lowest BCUT2D eigenvalue weighted by Crippen LogP contribution is -2.44. The van der Waals surface area contributed by atoms with E-state index in [1.807, 2.05) is 26.0 Å². The molecular formula is C19H26N2O5. The standard InChI is InChI=1S/C19H26N2O5/c1-4-5-6-14(19(24)25)20-18(23)13-10-17(22)21(11-13)15-9-12(2)7-8-16(15)26-3/h7-9,13-14H,4-6,10-11H2,1-3H3,(H,20,23)(H,24,25). The van der Waals surface area contributed by atoms with Crippen LogP contribution in [0.3, 0.4) is 0 Å². The van der Waals surface area contributed by atoms with Gasteiger partial charge in [0.2, 0.25) is 11.8 Å². The lowest BCUT2D eigenvalue weighted by atomic mass is 10.1. The van der Waals surface area contributed by atoms with Gasteiger partial charge < -0.3 is 20.1 Å². The van der Waals surface area contributed by atoms with Crippen LogP contribution in [0.5, 0.6) is 5.75 Å². The summed E-state index contributed by atoms with van der Waals surface area (Å²) < 4.78 is 5.32. The molecule has 7 heteroatoms. The number of nitrogens with one attached hydrogen (secondary N) is 1. The smallest absolute Gasteiger partial charge is 0.326 e. The van der Waals surface area contributed by atoms with Crippen LogP contribution in [-0.2, 0) is 14.4 Å². The lowest BCUT2D eigenvalue weighted by molar-refractivity contribution is -0.142. The molecule has 0 radical (unpaired) electrons. The van der Waals surface area contributed by atoms with Crippen molar-refractivity contribution in [3.8, 4) is 5.75 Å². The van der Waals surface area contributed by atoms with Gasteiger partial charge in [0, 0.05) is 13.0 Å². The zero-order valence-electron chi connectivity index (χ0n) is 15.4. The molecule has 2 N–H and O–H groups in total. The number of methoxy groups -OCH3 is 1. The van der Waals surface area contributed by atoms with Gasteiger partial charge in [0.25, 0.3) is 0 Å². The van der Waals surface area contributed by atoms with Crippen LogP contribution in [0.2, 0.25) is 0 Å². The fourth-order valence-corrected chi connectivity index (χ4v) is 3.08. The maximum absolute atomic E-state index is 12.5. The molecule has 1 aliphatic heterocycles. The van der Waals surface area contributed by atoms with Gasteiger partial charge in [-0.25, -0.2) is 4.79 Å². The molecule has 0 spiro atoms. The third-order valence-electron chi connectivity index (χ3n) is 4.58. The number of amides is 2. The molecule has 2 amide bonds. The van der Waals surface area contributed by atoms with Crippen LogP contribution in [-0.4, -0.2) is 42.6 Å². The SMILES string of the molecule is CCCCC(NC(=O)C1CC(=O)N(c2cc(C)ccc2OC)C1)C(=O)O. The number of benzene rings is 1. The Morgan fingerprint density at radius 3 is 2.77 bits per heavy atom. The summed E-state index contributed by atoms with van der Waals surface area (Å²) in [6.07, 6.45) is 2.01. The Morgan fingerprint density at radius 2 is 2.15 bits per heavy atom. The Bertz CT molecular complexity index is 689. The first-order valence-electron chi connectivity index (χ1n) is 8.85. The number of hydrogen-bond acceptors (Lipinski definition) is 4. The van der Waals surface area contributed by atoms with Crippen molar-refractivity contribution < 1.29 is 24.2 Å². The van der Waals surface area contributed by atoms with Crippen molar-refractivity contribution in [2.75, 3.05) is 18.6 Å². The summed E-state index contributed by atoms with van der Waals surface area (Å²) in [5.74, 6) is -1.62. The first kappa shape index (κ1) is 19.8. The molecule has 7 nitrogen and oxygen atoms in total. The number of carbonyl (C=O) groups is 3. The van der Waals surface area contributed by atoms with Gasteiger partial charge in [-0.05, 0) is 31.0 Å². The van der Waals surface area contributed by atoms with E-state index in [1.54, 1.807) is 6.07 Å². The maximum atomic E-state index is 12.5. The van der Waals surface area contributed by atoms with E-state index in [0.717, 1.165) is 12.0 Å². The highest BCUT2D eigenvalue weighted by Crippen LogP contribution is 2.34. The van der Waals surface area contributed by atoms with Gasteiger partial charge in [-0.3, -0.25) is 9.59 Å². The second-order valence-electron chi connectivity index (χ2n) is 6.62. The first-order chi connectivity index (χ1) is 12.4. The number of anilines is 1. The monoisotopic (exact) mass is 362 g/mol. The molecule has 1 aromatic carbocycles.